The van der Waals surface area contributed by atoms with E-state index in [-0.39, 0.29) is 16.4 Å². The molecule has 0 aromatic heterocycles. The lowest BCUT2D eigenvalue weighted by molar-refractivity contribution is -0.386. The summed E-state index contributed by atoms with van der Waals surface area (Å²) < 4.78 is 43.7. The Labute approximate surface area is 128 Å². The standard InChI is InChI=1S/C14H20F3NO3Si/c1-13(2,3)22(4,5)21-11-6-7-12(18(19)20)10(8-11)9-14(15,16)17/h6-8H,9H2,1-5H3. The molecule has 1 aromatic rings. The van der Waals surface area contributed by atoms with E-state index in [0.717, 1.165) is 12.1 Å². The lowest BCUT2D eigenvalue weighted by Crippen LogP contribution is -2.43. The fraction of sp³-hybridized carbons (Fsp3) is 0.571. The quantitative estimate of drug-likeness (QED) is 0.438. The zero-order valence-electron chi connectivity index (χ0n) is 13.2. The van der Waals surface area contributed by atoms with Crippen molar-refractivity contribution in [2.24, 2.45) is 0 Å². The van der Waals surface area contributed by atoms with Crippen LogP contribution in [0, 0.1) is 10.1 Å². The van der Waals surface area contributed by atoms with Crippen LogP contribution in [-0.2, 0) is 6.42 Å². The van der Waals surface area contributed by atoms with Gasteiger partial charge in [0.05, 0.1) is 11.3 Å². The molecule has 0 N–H and O–H groups in total. The molecule has 0 atom stereocenters. The van der Waals surface area contributed by atoms with E-state index in [2.05, 4.69) is 0 Å². The second-order valence-electron chi connectivity index (χ2n) is 6.70. The van der Waals surface area contributed by atoms with Crippen LogP contribution in [0.2, 0.25) is 18.1 Å². The monoisotopic (exact) mass is 335 g/mol. The molecule has 0 saturated carbocycles. The molecule has 0 heterocycles. The molecule has 8 heteroatoms. The maximum atomic E-state index is 12.6. The van der Waals surface area contributed by atoms with E-state index in [1.807, 2.05) is 33.9 Å². The van der Waals surface area contributed by atoms with Crippen LogP contribution in [-0.4, -0.2) is 19.4 Å². The van der Waals surface area contributed by atoms with Crippen molar-refractivity contribution in [1.82, 2.24) is 0 Å². The van der Waals surface area contributed by atoms with Crippen LogP contribution < -0.4 is 4.43 Å². The molecule has 0 aliphatic heterocycles. The summed E-state index contributed by atoms with van der Waals surface area (Å²) in [5.74, 6) is 0.247. The van der Waals surface area contributed by atoms with Gasteiger partial charge < -0.3 is 4.43 Å². The highest BCUT2D eigenvalue weighted by Crippen LogP contribution is 2.38. The number of nitro groups is 1. The molecule has 22 heavy (non-hydrogen) atoms. The molecule has 0 radical (unpaired) electrons. The van der Waals surface area contributed by atoms with Crippen LogP contribution in [0.3, 0.4) is 0 Å². The highest BCUT2D eigenvalue weighted by Gasteiger charge is 2.39. The number of halogens is 3. The molecule has 0 bridgehead atoms. The minimum absolute atomic E-state index is 0.126. The number of hydrogen-bond acceptors (Lipinski definition) is 3. The molecule has 124 valence electrons. The first-order valence-corrected chi connectivity index (χ1v) is 9.67. The van der Waals surface area contributed by atoms with Crippen LogP contribution in [0.1, 0.15) is 26.3 Å². The van der Waals surface area contributed by atoms with Crippen molar-refractivity contribution in [2.75, 3.05) is 0 Å². The van der Waals surface area contributed by atoms with Gasteiger partial charge in [0.2, 0.25) is 8.32 Å². The molecule has 0 saturated heterocycles. The number of alkyl halides is 3. The van der Waals surface area contributed by atoms with E-state index in [1.54, 1.807) is 0 Å². The van der Waals surface area contributed by atoms with Gasteiger partial charge in [-0.2, -0.15) is 13.2 Å². The summed E-state index contributed by atoms with van der Waals surface area (Å²) in [6.45, 7) is 9.92. The maximum Gasteiger partial charge on any atom is 0.393 e. The van der Waals surface area contributed by atoms with E-state index in [9.17, 15) is 23.3 Å². The summed E-state index contributed by atoms with van der Waals surface area (Å²) in [5.41, 5.74) is -0.923. The third kappa shape index (κ3) is 4.72. The Kier molecular flexibility index (Phi) is 4.96. The smallest absolute Gasteiger partial charge is 0.393 e. The Hall–Kier alpha value is -1.57. The van der Waals surface area contributed by atoms with Crippen LogP contribution in [0.25, 0.3) is 0 Å². The van der Waals surface area contributed by atoms with Crippen LogP contribution >= 0.6 is 0 Å². The van der Waals surface area contributed by atoms with Crippen molar-refractivity contribution in [3.63, 3.8) is 0 Å². The Morgan fingerprint density at radius 3 is 2.18 bits per heavy atom. The van der Waals surface area contributed by atoms with Gasteiger partial charge in [-0.25, -0.2) is 0 Å². The topological polar surface area (TPSA) is 52.4 Å². The van der Waals surface area contributed by atoms with Crippen molar-refractivity contribution < 1.29 is 22.5 Å². The summed E-state index contributed by atoms with van der Waals surface area (Å²) in [4.78, 5) is 10.1. The maximum absolute atomic E-state index is 12.6. The van der Waals surface area contributed by atoms with Gasteiger partial charge in [0.15, 0.2) is 0 Å². The second kappa shape index (κ2) is 5.90. The highest BCUT2D eigenvalue weighted by molar-refractivity contribution is 6.74. The normalized spacial score (nSPS) is 13.1. The molecule has 0 aliphatic rings. The van der Waals surface area contributed by atoms with Gasteiger partial charge >= 0.3 is 6.18 Å². The van der Waals surface area contributed by atoms with Gasteiger partial charge in [-0.15, -0.1) is 0 Å². The van der Waals surface area contributed by atoms with Crippen molar-refractivity contribution >= 4 is 14.0 Å². The third-order valence-corrected chi connectivity index (χ3v) is 8.18. The zero-order chi connectivity index (χ0) is 17.3. The molecular weight excluding hydrogens is 315 g/mol. The molecule has 0 amide bonds. The number of nitro benzene ring substituents is 1. The Balaban J connectivity index is 3.20. The Morgan fingerprint density at radius 1 is 1.23 bits per heavy atom. The average molecular weight is 335 g/mol. The van der Waals surface area contributed by atoms with Gasteiger partial charge in [0.1, 0.15) is 5.75 Å². The van der Waals surface area contributed by atoms with Gasteiger partial charge in [0.25, 0.3) is 5.69 Å². The second-order valence-corrected chi connectivity index (χ2v) is 11.4. The van der Waals surface area contributed by atoms with E-state index in [1.165, 1.54) is 6.07 Å². The molecule has 1 aromatic carbocycles. The summed E-state index contributed by atoms with van der Waals surface area (Å²) in [6.07, 6.45) is -5.86. The Bertz CT molecular complexity index is 565. The molecule has 0 fully saturated rings. The minimum atomic E-state index is -4.51. The number of benzene rings is 1. The van der Waals surface area contributed by atoms with Crippen LogP contribution in [0.15, 0.2) is 18.2 Å². The van der Waals surface area contributed by atoms with E-state index >= 15 is 0 Å². The third-order valence-electron chi connectivity index (χ3n) is 3.82. The Morgan fingerprint density at radius 2 is 1.77 bits per heavy atom. The predicted octanol–water partition coefficient (Wildman–Crippen LogP) is 5.08. The number of hydrogen-bond donors (Lipinski definition) is 0. The van der Waals surface area contributed by atoms with Crippen LogP contribution in [0.5, 0.6) is 5.75 Å². The molecular formula is C14H20F3NO3Si. The van der Waals surface area contributed by atoms with Gasteiger partial charge in [-0.05, 0) is 30.3 Å². The van der Waals surface area contributed by atoms with Gasteiger partial charge in [-0.3, -0.25) is 10.1 Å². The van der Waals surface area contributed by atoms with E-state index in [0.29, 0.717) is 0 Å². The lowest BCUT2D eigenvalue weighted by Gasteiger charge is -2.36. The van der Waals surface area contributed by atoms with E-state index in [4.69, 9.17) is 4.43 Å². The van der Waals surface area contributed by atoms with Crippen molar-refractivity contribution in [1.29, 1.82) is 0 Å². The van der Waals surface area contributed by atoms with E-state index < -0.39 is 31.5 Å². The first kappa shape index (κ1) is 18.5. The van der Waals surface area contributed by atoms with Crippen molar-refractivity contribution in [2.45, 2.75) is 51.5 Å². The van der Waals surface area contributed by atoms with Gasteiger partial charge in [0, 0.05) is 11.6 Å². The molecule has 0 unspecified atom stereocenters. The average Bonchev–Trinajstić information content (AvgIpc) is 2.23. The SMILES string of the molecule is CC(C)(C)[Si](C)(C)Oc1ccc([N+](=O)[O-])c(CC(F)(F)F)c1. The molecule has 4 nitrogen and oxygen atoms in total. The first-order chi connectivity index (χ1) is 9.73. The summed E-state index contributed by atoms with van der Waals surface area (Å²) in [6, 6.07) is 3.56. The fourth-order valence-electron chi connectivity index (χ4n) is 1.61. The number of rotatable bonds is 4. The zero-order valence-corrected chi connectivity index (χ0v) is 14.2. The molecule has 0 aliphatic carbocycles. The van der Waals surface area contributed by atoms with Crippen molar-refractivity contribution in [3.05, 3.63) is 33.9 Å². The molecule has 0 spiro atoms. The summed E-state index contributed by atoms with van der Waals surface area (Å²) in [7, 11) is -2.22. The van der Waals surface area contributed by atoms with Crippen LogP contribution in [0.4, 0.5) is 18.9 Å². The minimum Gasteiger partial charge on any atom is -0.543 e. The highest BCUT2D eigenvalue weighted by atomic mass is 28.4. The number of nitrogens with zero attached hydrogens (tertiary/aromatic N) is 1. The largest absolute Gasteiger partial charge is 0.543 e. The molecule has 1 rings (SSSR count). The first-order valence-electron chi connectivity index (χ1n) is 6.76. The van der Waals surface area contributed by atoms with Crippen molar-refractivity contribution in [3.8, 4) is 5.75 Å². The lowest BCUT2D eigenvalue weighted by atomic mass is 10.1. The van der Waals surface area contributed by atoms with Gasteiger partial charge in [-0.1, -0.05) is 20.8 Å². The fourth-order valence-corrected chi connectivity index (χ4v) is 2.63. The summed E-state index contributed by atoms with van der Waals surface area (Å²) >= 11 is 0. The predicted molar refractivity (Wildman–Crippen MR) is 80.7 cm³/mol. The summed E-state index contributed by atoms with van der Waals surface area (Å²) in [5, 5.41) is 10.7.